The van der Waals surface area contributed by atoms with E-state index in [2.05, 4.69) is 30.7 Å². The van der Waals surface area contributed by atoms with Gasteiger partial charge in [-0.15, -0.1) is 11.3 Å². The van der Waals surface area contributed by atoms with Crippen LogP contribution in [0, 0.1) is 0 Å². The van der Waals surface area contributed by atoms with Crippen molar-refractivity contribution < 1.29 is 0 Å². The second-order valence-corrected chi connectivity index (χ2v) is 8.06. The second-order valence-electron chi connectivity index (χ2n) is 6.36. The molecule has 3 rings (SSSR count). The van der Waals surface area contributed by atoms with Gasteiger partial charge in [0.1, 0.15) is 0 Å². The average Bonchev–Trinajstić information content (AvgIpc) is 2.91. The molecule has 0 aliphatic heterocycles. The molecule has 0 atom stereocenters. The first-order valence-electron chi connectivity index (χ1n) is 7.05. The lowest BCUT2D eigenvalue weighted by molar-refractivity contribution is 0.580. The van der Waals surface area contributed by atoms with Gasteiger partial charge in [-0.25, -0.2) is 9.97 Å². The van der Waals surface area contributed by atoms with E-state index in [1.54, 1.807) is 23.5 Å². The van der Waals surface area contributed by atoms with Crippen molar-refractivity contribution in [3.8, 4) is 0 Å². The van der Waals surface area contributed by atoms with Crippen LogP contribution in [0.3, 0.4) is 0 Å². The fourth-order valence-corrected chi connectivity index (χ4v) is 3.65. The Balaban J connectivity index is 2.03. The number of nitrogens with zero attached hydrogens (tertiary/aromatic N) is 3. The van der Waals surface area contributed by atoms with Crippen molar-refractivity contribution in [2.75, 3.05) is 0 Å². The fraction of sp³-hybridized carbons (Fsp3) is 0.312. The number of aromatic nitrogens is 3. The molecule has 0 radical (unpaired) electrons. The van der Waals surface area contributed by atoms with Gasteiger partial charge in [0.2, 0.25) is 0 Å². The third-order valence-electron chi connectivity index (χ3n) is 3.37. The van der Waals surface area contributed by atoms with Gasteiger partial charge in [-0.3, -0.25) is 9.36 Å². The molecule has 0 aliphatic carbocycles. The summed E-state index contributed by atoms with van der Waals surface area (Å²) in [7, 11) is 0. The van der Waals surface area contributed by atoms with Crippen LogP contribution in [0.4, 0.5) is 0 Å². The molecule has 0 fully saturated rings. The summed E-state index contributed by atoms with van der Waals surface area (Å²) in [6.07, 6.45) is 1.50. The Bertz CT molecular complexity index is 941. The molecule has 3 aromatic rings. The van der Waals surface area contributed by atoms with Gasteiger partial charge in [-0.1, -0.05) is 44.0 Å². The number of rotatable bonds is 2. The van der Waals surface area contributed by atoms with Gasteiger partial charge >= 0.3 is 0 Å². The summed E-state index contributed by atoms with van der Waals surface area (Å²) >= 11 is 13.7. The highest BCUT2D eigenvalue weighted by Gasteiger charge is 2.18. The predicted molar refractivity (Wildman–Crippen MR) is 95.9 cm³/mol. The fourth-order valence-electron chi connectivity index (χ4n) is 2.21. The zero-order chi connectivity index (χ0) is 16.8. The maximum Gasteiger partial charge on any atom is 0.261 e. The zero-order valence-electron chi connectivity index (χ0n) is 12.9. The van der Waals surface area contributed by atoms with Crippen LogP contribution in [0.2, 0.25) is 10.0 Å². The summed E-state index contributed by atoms with van der Waals surface area (Å²) in [5, 5.41) is 4.22. The van der Waals surface area contributed by atoms with E-state index in [1.807, 2.05) is 5.38 Å². The molecule has 7 heteroatoms. The van der Waals surface area contributed by atoms with Crippen molar-refractivity contribution in [1.29, 1.82) is 0 Å². The SMILES string of the molecule is CC(C)(C)c1nc(Cn2cnc3c(Cl)cc(Cl)cc3c2=O)cs1. The number of fused-ring (bicyclic) bond motifs is 1. The van der Waals surface area contributed by atoms with Crippen molar-refractivity contribution in [2.45, 2.75) is 32.7 Å². The molecule has 2 heterocycles. The lowest BCUT2D eigenvalue weighted by Crippen LogP contribution is -2.21. The standard InChI is InChI=1S/C16H15Cl2N3OS/c1-16(2,3)15-20-10(7-23-15)6-21-8-19-13-11(14(21)22)4-9(17)5-12(13)18/h4-5,7-8H,6H2,1-3H3. The Morgan fingerprint density at radius 3 is 2.65 bits per heavy atom. The Morgan fingerprint density at radius 2 is 2.00 bits per heavy atom. The monoisotopic (exact) mass is 367 g/mol. The topological polar surface area (TPSA) is 47.8 Å². The van der Waals surface area contributed by atoms with Gasteiger partial charge in [0, 0.05) is 15.8 Å². The minimum absolute atomic E-state index is 0.00341. The molecule has 120 valence electrons. The van der Waals surface area contributed by atoms with E-state index in [0.717, 1.165) is 10.7 Å². The molecule has 0 amide bonds. The molecule has 0 unspecified atom stereocenters. The minimum atomic E-state index is -0.176. The van der Waals surface area contributed by atoms with Crippen LogP contribution in [0.5, 0.6) is 0 Å². The smallest absolute Gasteiger partial charge is 0.261 e. The second kappa shape index (κ2) is 5.89. The number of benzene rings is 1. The van der Waals surface area contributed by atoms with Crippen molar-refractivity contribution >= 4 is 45.4 Å². The Morgan fingerprint density at radius 1 is 1.26 bits per heavy atom. The van der Waals surface area contributed by atoms with Crippen molar-refractivity contribution in [3.63, 3.8) is 0 Å². The van der Waals surface area contributed by atoms with Crippen LogP contribution >= 0.6 is 34.5 Å². The van der Waals surface area contributed by atoms with Crippen LogP contribution in [-0.2, 0) is 12.0 Å². The molecule has 0 N–H and O–H groups in total. The third-order valence-corrected chi connectivity index (χ3v) is 5.19. The van der Waals surface area contributed by atoms with E-state index < -0.39 is 0 Å². The molecule has 0 spiro atoms. The molecular formula is C16H15Cl2N3OS. The van der Waals surface area contributed by atoms with E-state index in [4.69, 9.17) is 23.2 Å². The van der Waals surface area contributed by atoms with Crippen molar-refractivity contribution in [3.05, 3.63) is 54.9 Å². The van der Waals surface area contributed by atoms with Gasteiger partial charge in [0.25, 0.3) is 5.56 Å². The number of hydrogen-bond acceptors (Lipinski definition) is 4. The average molecular weight is 368 g/mol. The lowest BCUT2D eigenvalue weighted by atomic mass is 9.98. The van der Waals surface area contributed by atoms with E-state index in [-0.39, 0.29) is 11.0 Å². The summed E-state index contributed by atoms with van der Waals surface area (Å²) in [6, 6.07) is 3.18. The van der Waals surface area contributed by atoms with Gasteiger partial charge in [0.15, 0.2) is 0 Å². The van der Waals surface area contributed by atoms with E-state index in [1.165, 1.54) is 10.9 Å². The van der Waals surface area contributed by atoms with Crippen LogP contribution in [0.25, 0.3) is 10.9 Å². The highest BCUT2D eigenvalue weighted by atomic mass is 35.5. The normalized spacial score (nSPS) is 12.0. The van der Waals surface area contributed by atoms with Gasteiger partial charge in [-0.2, -0.15) is 0 Å². The summed E-state index contributed by atoms with van der Waals surface area (Å²) < 4.78 is 1.52. The van der Waals surface area contributed by atoms with Crippen LogP contribution in [0.1, 0.15) is 31.5 Å². The number of hydrogen-bond donors (Lipinski definition) is 0. The zero-order valence-corrected chi connectivity index (χ0v) is 15.3. The largest absolute Gasteiger partial charge is 0.293 e. The van der Waals surface area contributed by atoms with Crippen LogP contribution < -0.4 is 5.56 Å². The summed E-state index contributed by atoms with van der Waals surface area (Å²) in [5.41, 5.74) is 1.13. The molecule has 1 aromatic carbocycles. The lowest BCUT2D eigenvalue weighted by Gasteiger charge is -2.13. The summed E-state index contributed by atoms with van der Waals surface area (Å²) in [5.74, 6) is 0. The Hall–Kier alpha value is -1.43. The number of halogens is 2. The van der Waals surface area contributed by atoms with Crippen molar-refractivity contribution in [2.24, 2.45) is 0 Å². The van der Waals surface area contributed by atoms with Crippen LogP contribution in [-0.4, -0.2) is 14.5 Å². The van der Waals surface area contributed by atoms with E-state index in [0.29, 0.717) is 27.5 Å². The molecule has 0 saturated heterocycles. The highest BCUT2D eigenvalue weighted by molar-refractivity contribution is 7.09. The molecular weight excluding hydrogens is 353 g/mol. The first-order valence-corrected chi connectivity index (χ1v) is 8.68. The maximum absolute atomic E-state index is 12.6. The predicted octanol–water partition coefficient (Wildman–Crippen LogP) is 4.51. The third kappa shape index (κ3) is 3.27. The first-order chi connectivity index (χ1) is 10.8. The van der Waals surface area contributed by atoms with E-state index >= 15 is 0 Å². The molecule has 2 aromatic heterocycles. The first kappa shape index (κ1) is 16.4. The Labute approximate surface area is 147 Å². The summed E-state index contributed by atoms with van der Waals surface area (Å²) in [4.78, 5) is 21.5. The maximum atomic E-state index is 12.6. The summed E-state index contributed by atoms with van der Waals surface area (Å²) in [6.45, 7) is 6.72. The molecule has 0 bridgehead atoms. The van der Waals surface area contributed by atoms with Crippen LogP contribution in [0.15, 0.2) is 28.6 Å². The quantitative estimate of drug-likeness (QED) is 0.669. The van der Waals surface area contributed by atoms with Gasteiger partial charge in [-0.05, 0) is 12.1 Å². The highest BCUT2D eigenvalue weighted by Crippen LogP contribution is 2.26. The van der Waals surface area contributed by atoms with Crippen molar-refractivity contribution in [1.82, 2.24) is 14.5 Å². The molecule has 4 nitrogen and oxygen atoms in total. The molecule has 0 aliphatic rings. The molecule has 23 heavy (non-hydrogen) atoms. The Kier molecular flexibility index (Phi) is 4.21. The van der Waals surface area contributed by atoms with Gasteiger partial charge in [0.05, 0.1) is 39.5 Å². The minimum Gasteiger partial charge on any atom is -0.293 e. The molecule has 0 saturated carbocycles. The number of thiazole rings is 1. The van der Waals surface area contributed by atoms with Gasteiger partial charge < -0.3 is 0 Å². The van der Waals surface area contributed by atoms with E-state index in [9.17, 15) is 4.79 Å².